The van der Waals surface area contributed by atoms with Crippen LogP contribution in [0.15, 0.2) is 36.7 Å². The van der Waals surface area contributed by atoms with Crippen LogP contribution in [0, 0.1) is 12.8 Å². The van der Waals surface area contributed by atoms with Gasteiger partial charge >= 0.3 is 5.97 Å². The van der Waals surface area contributed by atoms with E-state index in [1.54, 1.807) is 22.7 Å². The molecule has 1 fully saturated rings. The topological polar surface area (TPSA) is 90.2 Å². The number of ether oxygens (including phenoxy) is 1. The summed E-state index contributed by atoms with van der Waals surface area (Å²) >= 11 is 0. The average Bonchev–Trinajstić information content (AvgIpc) is 3.15. The summed E-state index contributed by atoms with van der Waals surface area (Å²) in [6, 6.07) is 8.37. The van der Waals surface area contributed by atoms with Crippen LogP contribution in [-0.4, -0.2) is 56.2 Å². The molecule has 1 aliphatic heterocycles. The van der Waals surface area contributed by atoms with E-state index in [4.69, 9.17) is 9.72 Å². The van der Waals surface area contributed by atoms with Crippen LogP contribution in [0.2, 0.25) is 0 Å². The lowest BCUT2D eigenvalue weighted by Gasteiger charge is -2.31. The molecule has 2 aromatic heterocycles. The molecule has 0 saturated carbocycles. The zero-order chi connectivity index (χ0) is 23.7. The SMILES string of the molecule is CCOC(=O)[C@@H]1CCCN(C(=O)c2cnn(-c3ncc4c(n3)-c3ccccc3CCC4)c2C)C1. The lowest BCUT2D eigenvalue weighted by atomic mass is 9.97. The van der Waals surface area contributed by atoms with Gasteiger partial charge < -0.3 is 9.64 Å². The van der Waals surface area contributed by atoms with E-state index in [-0.39, 0.29) is 17.8 Å². The molecule has 1 atom stereocenters. The van der Waals surface area contributed by atoms with Crippen molar-refractivity contribution in [3.05, 3.63) is 59.0 Å². The molecule has 2 aliphatic rings. The molecule has 0 radical (unpaired) electrons. The van der Waals surface area contributed by atoms with E-state index >= 15 is 0 Å². The molecule has 0 spiro atoms. The van der Waals surface area contributed by atoms with Crippen LogP contribution in [0.4, 0.5) is 0 Å². The molecule has 3 heterocycles. The highest BCUT2D eigenvalue weighted by Gasteiger charge is 2.31. The number of hydrogen-bond acceptors (Lipinski definition) is 6. The maximum atomic E-state index is 13.3. The Hall–Kier alpha value is -3.55. The van der Waals surface area contributed by atoms with Gasteiger partial charge in [0.05, 0.1) is 35.7 Å². The quantitative estimate of drug-likeness (QED) is 0.555. The summed E-state index contributed by atoms with van der Waals surface area (Å²) in [6.07, 6.45) is 7.99. The van der Waals surface area contributed by atoms with Gasteiger partial charge in [-0.05, 0) is 57.1 Å². The fourth-order valence-corrected chi connectivity index (χ4v) is 4.96. The number of aromatic nitrogens is 4. The largest absolute Gasteiger partial charge is 0.466 e. The number of aryl methyl sites for hydroxylation is 2. The van der Waals surface area contributed by atoms with E-state index in [1.165, 1.54) is 5.56 Å². The van der Waals surface area contributed by atoms with Gasteiger partial charge in [0.15, 0.2) is 0 Å². The van der Waals surface area contributed by atoms with Crippen LogP contribution in [0.5, 0.6) is 0 Å². The minimum atomic E-state index is -0.277. The molecule has 176 valence electrons. The van der Waals surface area contributed by atoms with Crippen molar-refractivity contribution >= 4 is 11.9 Å². The van der Waals surface area contributed by atoms with E-state index in [1.807, 2.05) is 19.2 Å². The summed E-state index contributed by atoms with van der Waals surface area (Å²) in [5.41, 5.74) is 5.69. The molecule has 0 bridgehead atoms. The zero-order valence-corrected chi connectivity index (χ0v) is 19.7. The van der Waals surface area contributed by atoms with Crippen LogP contribution in [0.1, 0.15) is 53.4 Å². The Labute approximate surface area is 199 Å². The molecule has 8 nitrogen and oxygen atoms in total. The number of rotatable bonds is 4. The number of likely N-dealkylation sites (tertiary alicyclic amines) is 1. The molecule has 1 saturated heterocycles. The van der Waals surface area contributed by atoms with E-state index in [9.17, 15) is 9.59 Å². The molecular formula is C26H29N5O3. The van der Waals surface area contributed by atoms with Gasteiger partial charge in [-0.1, -0.05) is 24.3 Å². The first-order chi connectivity index (χ1) is 16.6. The second kappa shape index (κ2) is 9.37. The van der Waals surface area contributed by atoms with Crippen LogP contribution >= 0.6 is 0 Å². The summed E-state index contributed by atoms with van der Waals surface area (Å²) in [4.78, 5) is 36.7. The van der Waals surface area contributed by atoms with Gasteiger partial charge in [0.25, 0.3) is 11.9 Å². The van der Waals surface area contributed by atoms with Crippen molar-refractivity contribution in [2.45, 2.75) is 46.0 Å². The lowest BCUT2D eigenvalue weighted by molar-refractivity contribution is -0.149. The highest BCUT2D eigenvalue weighted by molar-refractivity contribution is 5.95. The maximum Gasteiger partial charge on any atom is 0.310 e. The van der Waals surface area contributed by atoms with Gasteiger partial charge in [-0.2, -0.15) is 5.10 Å². The van der Waals surface area contributed by atoms with Crippen molar-refractivity contribution in [3.8, 4) is 17.2 Å². The second-order valence-corrected chi connectivity index (χ2v) is 8.95. The predicted molar refractivity (Wildman–Crippen MR) is 127 cm³/mol. The molecule has 1 aromatic carbocycles. The molecule has 0 unspecified atom stereocenters. The Morgan fingerprint density at radius 1 is 1.12 bits per heavy atom. The minimum absolute atomic E-state index is 0.127. The van der Waals surface area contributed by atoms with E-state index in [0.717, 1.165) is 48.9 Å². The van der Waals surface area contributed by atoms with Gasteiger partial charge in [0, 0.05) is 24.8 Å². The normalized spacial score (nSPS) is 17.5. The monoisotopic (exact) mass is 459 g/mol. The predicted octanol–water partition coefficient (Wildman–Crippen LogP) is 3.54. The van der Waals surface area contributed by atoms with Gasteiger partial charge in [0.2, 0.25) is 0 Å². The van der Waals surface area contributed by atoms with Gasteiger partial charge in [0.1, 0.15) is 0 Å². The van der Waals surface area contributed by atoms with Crippen molar-refractivity contribution in [1.29, 1.82) is 0 Å². The lowest BCUT2D eigenvalue weighted by Crippen LogP contribution is -2.43. The van der Waals surface area contributed by atoms with Crippen LogP contribution in [0.3, 0.4) is 0 Å². The summed E-state index contributed by atoms with van der Waals surface area (Å²) < 4.78 is 6.80. The number of nitrogens with zero attached hydrogens (tertiary/aromatic N) is 5. The first-order valence-electron chi connectivity index (χ1n) is 12.0. The fourth-order valence-electron chi connectivity index (χ4n) is 4.96. The summed E-state index contributed by atoms with van der Waals surface area (Å²) in [5, 5.41) is 4.47. The first-order valence-corrected chi connectivity index (χ1v) is 12.0. The number of hydrogen-bond donors (Lipinski definition) is 0. The molecule has 0 N–H and O–H groups in total. The minimum Gasteiger partial charge on any atom is -0.466 e. The van der Waals surface area contributed by atoms with Crippen molar-refractivity contribution in [1.82, 2.24) is 24.6 Å². The Kier molecular flexibility index (Phi) is 6.13. The van der Waals surface area contributed by atoms with E-state index in [0.29, 0.717) is 36.9 Å². The van der Waals surface area contributed by atoms with Crippen molar-refractivity contribution in [3.63, 3.8) is 0 Å². The average molecular weight is 460 g/mol. The number of esters is 1. The molecule has 3 aromatic rings. The third-order valence-corrected chi connectivity index (χ3v) is 6.77. The van der Waals surface area contributed by atoms with Crippen molar-refractivity contribution in [2.75, 3.05) is 19.7 Å². The molecule has 34 heavy (non-hydrogen) atoms. The van der Waals surface area contributed by atoms with E-state index in [2.05, 4.69) is 28.3 Å². The third kappa shape index (κ3) is 4.08. The Bertz CT molecular complexity index is 1230. The molecule has 5 rings (SSSR count). The second-order valence-electron chi connectivity index (χ2n) is 8.95. The Morgan fingerprint density at radius 2 is 1.94 bits per heavy atom. The number of piperidine rings is 1. The highest BCUT2D eigenvalue weighted by atomic mass is 16.5. The number of amides is 1. The standard InChI is InChI=1S/C26H29N5O3/c1-3-34-25(33)20-11-7-13-30(16-20)24(32)22-15-28-31(17(22)2)26-27-14-19-10-6-9-18-8-4-5-12-21(18)23(19)29-26/h4-5,8,12,14-15,20H,3,6-7,9-11,13,16H2,1-2H3/t20-/m1/s1. The molecule has 1 amide bonds. The van der Waals surface area contributed by atoms with E-state index < -0.39 is 0 Å². The van der Waals surface area contributed by atoms with Gasteiger partial charge in [-0.15, -0.1) is 0 Å². The summed E-state index contributed by atoms with van der Waals surface area (Å²) in [6.45, 7) is 4.99. The number of fused-ring (bicyclic) bond motifs is 3. The Balaban J connectivity index is 1.43. The van der Waals surface area contributed by atoms with Crippen LogP contribution in [-0.2, 0) is 22.4 Å². The van der Waals surface area contributed by atoms with Gasteiger partial charge in [-0.25, -0.2) is 14.6 Å². The smallest absolute Gasteiger partial charge is 0.310 e. The highest BCUT2D eigenvalue weighted by Crippen LogP contribution is 2.31. The van der Waals surface area contributed by atoms with Crippen molar-refractivity contribution < 1.29 is 14.3 Å². The van der Waals surface area contributed by atoms with Crippen molar-refractivity contribution in [2.24, 2.45) is 5.92 Å². The zero-order valence-electron chi connectivity index (χ0n) is 19.7. The van der Waals surface area contributed by atoms with Crippen LogP contribution < -0.4 is 0 Å². The molecule has 1 aliphatic carbocycles. The first kappa shape index (κ1) is 22.3. The summed E-state index contributed by atoms with van der Waals surface area (Å²) in [7, 11) is 0. The van der Waals surface area contributed by atoms with Gasteiger partial charge in [-0.3, -0.25) is 9.59 Å². The fraction of sp³-hybridized carbons (Fsp3) is 0.423. The van der Waals surface area contributed by atoms with Crippen LogP contribution in [0.25, 0.3) is 17.2 Å². The molecular weight excluding hydrogens is 430 g/mol. The summed E-state index contributed by atoms with van der Waals surface area (Å²) in [5.74, 6) is -0.181. The number of carbonyl (C=O) groups is 2. The third-order valence-electron chi connectivity index (χ3n) is 6.77. The Morgan fingerprint density at radius 3 is 2.79 bits per heavy atom. The maximum absolute atomic E-state index is 13.3. The molecule has 8 heteroatoms. The number of carbonyl (C=O) groups excluding carboxylic acids is 2. The number of benzene rings is 1.